The molecule has 4 atom stereocenters. The first-order chi connectivity index (χ1) is 22.0. The van der Waals surface area contributed by atoms with Crippen LogP contribution >= 0.6 is 11.6 Å². The minimum atomic E-state index is -1.39. The summed E-state index contributed by atoms with van der Waals surface area (Å²) in [5, 5.41) is 1.57. The largest absolute Gasteiger partial charge is 0.457 e. The van der Waals surface area contributed by atoms with Gasteiger partial charge in [-0.3, -0.25) is 4.79 Å². The molecular formula is C37H37ClN2O6. The van der Waals surface area contributed by atoms with E-state index in [0.29, 0.717) is 30.8 Å². The lowest BCUT2D eigenvalue weighted by molar-refractivity contribution is -0.189. The molecule has 46 heavy (non-hydrogen) atoms. The summed E-state index contributed by atoms with van der Waals surface area (Å²) in [5.74, 6) is -1.21. The first-order valence-electron chi connectivity index (χ1n) is 15.8. The van der Waals surface area contributed by atoms with E-state index in [1.807, 2.05) is 99.6 Å². The standard InChI is InChI=1S/C37H37ClN2O6/c1-35(2)36(3)17-18-37(35,46-32(36)41)33(42)45-29-21-40(34(43)44-22-23-10-6-4-7-11-23)19-16-27(29)30-26-15-14-25(38)20-28(26)39-31(30)24-12-8-5-9-13-24/h4-15,20,27,29,39H,16-19,21-22H2,1-3H3/t27-,29-,36-,37+/m1/s1. The number of aromatic nitrogens is 1. The topological polar surface area (TPSA) is 97.9 Å². The number of hydrogen-bond donors (Lipinski definition) is 1. The fourth-order valence-electron chi connectivity index (χ4n) is 7.69. The quantitative estimate of drug-likeness (QED) is 0.172. The predicted octanol–water partition coefficient (Wildman–Crippen LogP) is 7.65. The number of aromatic amines is 1. The number of amides is 1. The van der Waals surface area contributed by atoms with E-state index >= 15 is 0 Å². The molecule has 0 spiro atoms. The maximum Gasteiger partial charge on any atom is 0.410 e. The maximum absolute atomic E-state index is 14.3. The van der Waals surface area contributed by atoms with E-state index in [1.54, 1.807) is 4.90 Å². The van der Waals surface area contributed by atoms with Gasteiger partial charge in [0.05, 0.1) is 17.7 Å². The van der Waals surface area contributed by atoms with Crippen molar-refractivity contribution in [3.05, 3.63) is 95.0 Å². The first kappa shape index (κ1) is 30.4. The van der Waals surface area contributed by atoms with Crippen molar-refractivity contribution in [1.82, 2.24) is 9.88 Å². The number of carbonyl (C=O) groups excluding carboxylic acids is 3. The van der Waals surface area contributed by atoms with Gasteiger partial charge >= 0.3 is 18.0 Å². The number of H-pyrrole nitrogens is 1. The van der Waals surface area contributed by atoms with Gasteiger partial charge in [0.2, 0.25) is 5.60 Å². The lowest BCUT2D eigenvalue weighted by Crippen LogP contribution is -2.53. The number of halogens is 1. The lowest BCUT2D eigenvalue weighted by atomic mass is 9.66. The Labute approximate surface area is 273 Å². The highest BCUT2D eigenvalue weighted by molar-refractivity contribution is 6.31. The smallest absolute Gasteiger partial charge is 0.410 e. The molecule has 1 N–H and O–H groups in total. The van der Waals surface area contributed by atoms with E-state index in [1.165, 1.54) is 0 Å². The van der Waals surface area contributed by atoms with Crippen LogP contribution < -0.4 is 0 Å². The van der Waals surface area contributed by atoms with Gasteiger partial charge in [0.1, 0.15) is 12.7 Å². The number of piperidine rings is 1. The van der Waals surface area contributed by atoms with Crippen molar-refractivity contribution in [2.75, 3.05) is 13.1 Å². The van der Waals surface area contributed by atoms with Crippen LogP contribution in [0.4, 0.5) is 4.79 Å². The predicted molar refractivity (Wildman–Crippen MR) is 174 cm³/mol. The number of rotatable bonds is 6. The van der Waals surface area contributed by atoms with Crippen molar-refractivity contribution in [2.24, 2.45) is 10.8 Å². The molecule has 7 rings (SSSR count). The Morgan fingerprint density at radius 1 is 1.00 bits per heavy atom. The van der Waals surface area contributed by atoms with Gasteiger partial charge in [-0.2, -0.15) is 0 Å². The van der Waals surface area contributed by atoms with Gasteiger partial charge in [0.25, 0.3) is 0 Å². The maximum atomic E-state index is 14.3. The van der Waals surface area contributed by atoms with Crippen molar-refractivity contribution in [3.8, 4) is 11.3 Å². The number of ether oxygens (including phenoxy) is 3. The molecule has 1 saturated carbocycles. The van der Waals surface area contributed by atoms with E-state index in [0.717, 1.165) is 33.3 Å². The zero-order valence-electron chi connectivity index (χ0n) is 26.2. The molecule has 1 amide bonds. The minimum absolute atomic E-state index is 0.125. The molecule has 8 nitrogen and oxygen atoms in total. The molecule has 2 saturated heterocycles. The van der Waals surface area contributed by atoms with Gasteiger partial charge in [-0.1, -0.05) is 92.2 Å². The summed E-state index contributed by atoms with van der Waals surface area (Å²) in [7, 11) is 0. The number of fused-ring (bicyclic) bond motifs is 3. The Morgan fingerprint density at radius 2 is 1.72 bits per heavy atom. The normalized spacial score (nSPS) is 26.6. The molecular weight excluding hydrogens is 604 g/mol. The number of benzene rings is 3. The summed E-state index contributed by atoms with van der Waals surface area (Å²) in [6, 6.07) is 25.2. The van der Waals surface area contributed by atoms with Gasteiger partial charge in [-0.15, -0.1) is 0 Å². The van der Waals surface area contributed by atoms with Gasteiger partial charge in [0.15, 0.2) is 0 Å². The lowest BCUT2D eigenvalue weighted by Gasteiger charge is -2.41. The molecule has 2 aliphatic heterocycles. The number of nitrogens with one attached hydrogen (secondary N) is 1. The number of likely N-dealkylation sites (tertiary alicyclic amines) is 1. The van der Waals surface area contributed by atoms with E-state index in [9.17, 15) is 14.4 Å². The van der Waals surface area contributed by atoms with Crippen LogP contribution in [0.15, 0.2) is 78.9 Å². The van der Waals surface area contributed by atoms with Crippen molar-refractivity contribution < 1.29 is 28.6 Å². The van der Waals surface area contributed by atoms with E-state index < -0.39 is 34.6 Å². The Balaban J connectivity index is 1.25. The van der Waals surface area contributed by atoms with Crippen molar-refractivity contribution >= 4 is 40.5 Å². The van der Waals surface area contributed by atoms with Crippen LogP contribution in [0.3, 0.4) is 0 Å². The number of hydrogen-bond acceptors (Lipinski definition) is 6. The molecule has 3 aromatic carbocycles. The highest BCUT2D eigenvalue weighted by Gasteiger charge is 2.76. The van der Waals surface area contributed by atoms with Crippen LogP contribution in [0.1, 0.15) is 57.1 Å². The molecule has 238 valence electrons. The molecule has 0 unspecified atom stereocenters. The summed E-state index contributed by atoms with van der Waals surface area (Å²) in [6.45, 7) is 6.36. The fourth-order valence-corrected chi connectivity index (χ4v) is 7.86. The fraction of sp³-hybridized carbons (Fsp3) is 0.378. The minimum Gasteiger partial charge on any atom is -0.457 e. The number of esters is 2. The van der Waals surface area contributed by atoms with Gasteiger partial charge in [-0.05, 0) is 55.0 Å². The summed E-state index contributed by atoms with van der Waals surface area (Å²) >= 11 is 6.41. The molecule has 3 heterocycles. The van der Waals surface area contributed by atoms with Crippen LogP contribution in [0.2, 0.25) is 5.02 Å². The molecule has 3 aliphatic rings. The van der Waals surface area contributed by atoms with Crippen LogP contribution in [-0.4, -0.2) is 52.7 Å². The van der Waals surface area contributed by atoms with Gasteiger partial charge < -0.3 is 24.1 Å². The third-order valence-corrected chi connectivity index (χ3v) is 11.2. The SMILES string of the molecule is CC1(C)[C@@]2(C(=O)O[C@@H]3CN(C(=O)OCc4ccccc4)CC[C@H]3c3c(-c4ccccc4)[nH]c4cc(Cl)ccc34)CC[C@]1(C)C(=O)O2. The first-order valence-corrected chi connectivity index (χ1v) is 16.2. The van der Waals surface area contributed by atoms with Gasteiger partial charge in [-0.25, -0.2) is 9.59 Å². The summed E-state index contributed by atoms with van der Waals surface area (Å²) in [4.78, 5) is 45.9. The van der Waals surface area contributed by atoms with E-state index in [-0.39, 0.29) is 25.0 Å². The molecule has 3 fully saturated rings. The summed E-state index contributed by atoms with van der Waals surface area (Å²) in [5.41, 5.74) is 1.69. The Hall–Kier alpha value is -4.30. The monoisotopic (exact) mass is 640 g/mol. The number of nitrogens with zero attached hydrogens (tertiary/aromatic N) is 1. The Bertz CT molecular complexity index is 1820. The molecule has 2 bridgehead atoms. The molecule has 4 aromatic rings. The third-order valence-electron chi connectivity index (χ3n) is 10.9. The second kappa shape index (κ2) is 11.2. The average Bonchev–Trinajstić information content (AvgIpc) is 3.58. The van der Waals surface area contributed by atoms with Crippen LogP contribution in [0.25, 0.3) is 22.2 Å². The molecule has 9 heteroatoms. The van der Waals surface area contributed by atoms with E-state index in [2.05, 4.69) is 4.98 Å². The zero-order valence-corrected chi connectivity index (χ0v) is 26.9. The van der Waals surface area contributed by atoms with Crippen LogP contribution in [0, 0.1) is 10.8 Å². The van der Waals surface area contributed by atoms with E-state index in [4.69, 9.17) is 25.8 Å². The average molecular weight is 641 g/mol. The highest BCUT2D eigenvalue weighted by atomic mass is 35.5. The van der Waals surface area contributed by atoms with Gasteiger partial charge in [0, 0.05) is 33.8 Å². The third kappa shape index (κ3) is 4.68. The molecule has 1 aliphatic carbocycles. The number of carbonyl (C=O) groups is 3. The Morgan fingerprint density at radius 3 is 2.39 bits per heavy atom. The second-order valence-electron chi connectivity index (χ2n) is 13.5. The Kier molecular flexibility index (Phi) is 7.39. The van der Waals surface area contributed by atoms with Crippen molar-refractivity contribution in [3.63, 3.8) is 0 Å². The van der Waals surface area contributed by atoms with Crippen molar-refractivity contribution in [2.45, 2.75) is 64.3 Å². The highest BCUT2D eigenvalue weighted by Crippen LogP contribution is 2.66. The summed E-state index contributed by atoms with van der Waals surface area (Å²) < 4.78 is 18.0. The summed E-state index contributed by atoms with van der Waals surface area (Å²) in [6.07, 6.45) is 0.237. The molecule has 1 aromatic heterocycles. The molecule has 0 radical (unpaired) electrons. The second-order valence-corrected chi connectivity index (χ2v) is 13.9. The van der Waals surface area contributed by atoms with Crippen LogP contribution in [-0.2, 0) is 30.4 Å². The van der Waals surface area contributed by atoms with Crippen LogP contribution in [0.5, 0.6) is 0 Å². The zero-order chi connectivity index (χ0) is 32.3. The van der Waals surface area contributed by atoms with Crippen molar-refractivity contribution in [1.29, 1.82) is 0 Å².